The number of unbranched alkanes of at least 4 members (excludes halogenated alkanes) is 4. The Morgan fingerprint density at radius 3 is 1.14 bits per heavy atom. The zero-order valence-electron chi connectivity index (χ0n) is 30.9. The van der Waals surface area contributed by atoms with E-state index in [1.807, 2.05) is 0 Å². The molecule has 0 rings (SSSR count). The maximum absolute atomic E-state index is 12.6. The molecule has 0 radical (unpaired) electrons. The largest absolute Gasteiger partial charge is 0.462 e. The lowest BCUT2D eigenvalue weighted by Gasteiger charge is -2.18. The first kappa shape index (κ1) is 45.3. The van der Waals surface area contributed by atoms with Gasteiger partial charge in [0.15, 0.2) is 6.10 Å². The van der Waals surface area contributed by atoms with Crippen LogP contribution in [-0.2, 0) is 28.6 Å². The summed E-state index contributed by atoms with van der Waals surface area (Å²) < 4.78 is 16.4. The molecule has 0 amide bonds. The molecule has 1 unspecified atom stereocenters. The maximum atomic E-state index is 12.6. The standard InChI is InChI=1S/C43H66O6/c1-4-7-10-13-16-19-21-24-27-30-33-36-42(45)48-39-40(38-47-41(44)35-32-29-26-23-18-15-12-9-6-3)49-43(46)37-34-31-28-25-22-20-17-14-11-8-5-2/h7-12,16-20,23-25,27-28,40H,4-6,13-15,21-22,26,29-39H2,1-3H3/b10-7-,11-8-,12-9-,19-16-,20-17-,23-18-,27-24-,28-25-. The summed E-state index contributed by atoms with van der Waals surface area (Å²) in [5, 5.41) is 0. The van der Waals surface area contributed by atoms with E-state index in [1.54, 1.807) is 0 Å². The van der Waals surface area contributed by atoms with Gasteiger partial charge in [-0.2, -0.15) is 0 Å². The number of hydrogen-bond acceptors (Lipinski definition) is 6. The molecule has 0 aromatic rings. The van der Waals surface area contributed by atoms with Gasteiger partial charge in [-0.1, -0.05) is 118 Å². The Kier molecular flexibility index (Phi) is 34.4. The molecule has 1 atom stereocenters. The monoisotopic (exact) mass is 678 g/mol. The van der Waals surface area contributed by atoms with E-state index in [-0.39, 0.29) is 38.0 Å². The molecule has 0 N–H and O–H groups in total. The first-order valence-corrected chi connectivity index (χ1v) is 18.7. The van der Waals surface area contributed by atoms with Gasteiger partial charge in [-0.3, -0.25) is 14.4 Å². The van der Waals surface area contributed by atoms with E-state index < -0.39 is 12.1 Å². The fraction of sp³-hybridized carbons (Fsp3) is 0.558. The highest BCUT2D eigenvalue weighted by Gasteiger charge is 2.19. The van der Waals surface area contributed by atoms with Crippen LogP contribution in [0.15, 0.2) is 97.2 Å². The normalized spacial score (nSPS) is 13.1. The first-order chi connectivity index (χ1) is 24.0. The molecule has 0 fully saturated rings. The number of ether oxygens (including phenoxy) is 3. The first-order valence-electron chi connectivity index (χ1n) is 18.7. The van der Waals surface area contributed by atoms with Crippen LogP contribution in [0.4, 0.5) is 0 Å². The third-order valence-electron chi connectivity index (χ3n) is 7.06. The molecular formula is C43H66O6. The second-order valence-electron chi connectivity index (χ2n) is 11.7. The number of esters is 3. The zero-order valence-corrected chi connectivity index (χ0v) is 30.9. The van der Waals surface area contributed by atoms with Crippen LogP contribution < -0.4 is 0 Å². The van der Waals surface area contributed by atoms with Gasteiger partial charge in [0.2, 0.25) is 0 Å². The Balaban J connectivity index is 4.61. The van der Waals surface area contributed by atoms with Crippen molar-refractivity contribution in [1.29, 1.82) is 0 Å². The molecule has 6 nitrogen and oxygen atoms in total. The molecular weight excluding hydrogens is 612 g/mol. The Bertz CT molecular complexity index is 1060. The third-order valence-corrected chi connectivity index (χ3v) is 7.06. The fourth-order valence-electron chi connectivity index (χ4n) is 4.35. The SMILES string of the molecule is CC/C=C\C/C=C\C/C=C\CCCC(=O)OCC(COC(=O)CCCC/C=C\C/C=C\CC)OC(=O)CCC/C=C\C/C=C\C/C=C\CC. The summed E-state index contributed by atoms with van der Waals surface area (Å²) in [6.07, 6.45) is 47.1. The number of carbonyl (C=O) groups excluding carboxylic acids is 3. The van der Waals surface area contributed by atoms with Crippen molar-refractivity contribution in [3.8, 4) is 0 Å². The van der Waals surface area contributed by atoms with Gasteiger partial charge >= 0.3 is 17.9 Å². The number of rotatable bonds is 31. The fourth-order valence-corrected chi connectivity index (χ4v) is 4.35. The van der Waals surface area contributed by atoms with Gasteiger partial charge in [0.05, 0.1) is 0 Å². The average Bonchev–Trinajstić information content (AvgIpc) is 3.10. The summed E-state index contributed by atoms with van der Waals surface area (Å²) in [6, 6.07) is 0. The topological polar surface area (TPSA) is 78.9 Å². The van der Waals surface area contributed by atoms with Crippen molar-refractivity contribution in [2.24, 2.45) is 0 Å². The highest BCUT2D eigenvalue weighted by Crippen LogP contribution is 2.08. The van der Waals surface area contributed by atoms with Crippen LogP contribution in [0.5, 0.6) is 0 Å². The van der Waals surface area contributed by atoms with Gasteiger partial charge in [-0.25, -0.2) is 0 Å². The van der Waals surface area contributed by atoms with Crippen molar-refractivity contribution in [3.05, 3.63) is 97.2 Å². The van der Waals surface area contributed by atoms with Crippen molar-refractivity contribution in [2.75, 3.05) is 13.2 Å². The van der Waals surface area contributed by atoms with Crippen LogP contribution >= 0.6 is 0 Å². The minimum absolute atomic E-state index is 0.133. The molecule has 6 heteroatoms. The van der Waals surface area contributed by atoms with Crippen LogP contribution in [0, 0.1) is 0 Å². The number of carbonyl (C=O) groups is 3. The molecule has 0 aromatic carbocycles. The van der Waals surface area contributed by atoms with Crippen molar-refractivity contribution < 1.29 is 28.6 Å². The Morgan fingerprint density at radius 1 is 0.408 bits per heavy atom. The lowest BCUT2D eigenvalue weighted by atomic mass is 10.2. The molecule has 0 bridgehead atoms. The highest BCUT2D eigenvalue weighted by atomic mass is 16.6. The van der Waals surface area contributed by atoms with Gasteiger partial charge in [0.25, 0.3) is 0 Å². The predicted octanol–water partition coefficient (Wildman–Crippen LogP) is 11.5. The average molecular weight is 679 g/mol. The van der Waals surface area contributed by atoms with Crippen LogP contribution in [0.1, 0.15) is 136 Å². The molecule has 0 heterocycles. The second kappa shape index (κ2) is 37.2. The second-order valence-corrected chi connectivity index (χ2v) is 11.7. The maximum Gasteiger partial charge on any atom is 0.306 e. The van der Waals surface area contributed by atoms with Crippen LogP contribution in [-0.4, -0.2) is 37.2 Å². The number of hydrogen-bond donors (Lipinski definition) is 0. The summed E-state index contributed by atoms with van der Waals surface area (Å²) in [4.78, 5) is 37.3. The third kappa shape index (κ3) is 35.5. The van der Waals surface area contributed by atoms with E-state index in [1.165, 1.54) is 0 Å². The lowest BCUT2D eigenvalue weighted by Crippen LogP contribution is -2.30. The van der Waals surface area contributed by atoms with Crippen molar-refractivity contribution in [1.82, 2.24) is 0 Å². The Labute approximate surface area is 298 Å². The molecule has 49 heavy (non-hydrogen) atoms. The predicted molar refractivity (Wildman–Crippen MR) is 205 cm³/mol. The summed E-state index contributed by atoms with van der Waals surface area (Å²) in [5.74, 6) is -1.10. The molecule has 0 saturated carbocycles. The van der Waals surface area contributed by atoms with Crippen LogP contribution in [0.3, 0.4) is 0 Å². The van der Waals surface area contributed by atoms with E-state index in [4.69, 9.17) is 14.2 Å². The summed E-state index contributed by atoms with van der Waals surface area (Å²) in [7, 11) is 0. The van der Waals surface area contributed by atoms with Crippen molar-refractivity contribution in [2.45, 2.75) is 142 Å². The molecule has 0 spiro atoms. The summed E-state index contributed by atoms with van der Waals surface area (Å²) >= 11 is 0. The van der Waals surface area contributed by atoms with E-state index >= 15 is 0 Å². The molecule has 0 saturated heterocycles. The van der Waals surface area contributed by atoms with Crippen LogP contribution in [0.2, 0.25) is 0 Å². The molecule has 0 aliphatic rings. The van der Waals surface area contributed by atoms with Crippen molar-refractivity contribution >= 4 is 17.9 Å². The smallest absolute Gasteiger partial charge is 0.306 e. The van der Waals surface area contributed by atoms with Gasteiger partial charge in [-0.15, -0.1) is 0 Å². The number of allylic oxidation sites excluding steroid dienone is 16. The highest BCUT2D eigenvalue weighted by molar-refractivity contribution is 5.71. The van der Waals surface area contributed by atoms with Crippen LogP contribution in [0.25, 0.3) is 0 Å². The molecule has 0 aromatic heterocycles. The van der Waals surface area contributed by atoms with Gasteiger partial charge < -0.3 is 14.2 Å². The minimum Gasteiger partial charge on any atom is -0.462 e. The molecule has 0 aliphatic heterocycles. The van der Waals surface area contributed by atoms with Gasteiger partial charge in [-0.05, 0) is 96.3 Å². The van der Waals surface area contributed by atoms with Gasteiger partial charge in [0.1, 0.15) is 13.2 Å². The summed E-state index contributed by atoms with van der Waals surface area (Å²) in [6.45, 7) is 6.09. The minimum atomic E-state index is -0.833. The molecule has 274 valence electrons. The van der Waals surface area contributed by atoms with E-state index in [9.17, 15) is 14.4 Å². The Morgan fingerprint density at radius 2 is 0.735 bits per heavy atom. The zero-order chi connectivity index (χ0) is 35.9. The van der Waals surface area contributed by atoms with E-state index in [0.717, 1.165) is 77.0 Å². The van der Waals surface area contributed by atoms with E-state index in [2.05, 4.69) is 118 Å². The molecule has 0 aliphatic carbocycles. The summed E-state index contributed by atoms with van der Waals surface area (Å²) in [5.41, 5.74) is 0. The Hall–Kier alpha value is -3.67. The van der Waals surface area contributed by atoms with E-state index in [0.29, 0.717) is 25.7 Å². The quantitative estimate of drug-likeness (QED) is 0.0314. The van der Waals surface area contributed by atoms with Gasteiger partial charge in [0, 0.05) is 19.3 Å². The van der Waals surface area contributed by atoms with Crippen molar-refractivity contribution in [3.63, 3.8) is 0 Å². The lowest BCUT2D eigenvalue weighted by molar-refractivity contribution is -0.167.